The van der Waals surface area contributed by atoms with Crippen LogP contribution in [-0.4, -0.2) is 16.8 Å². The highest BCUT2D eigenvalue weighted by atomic mass is 32.1. The molecule has 2 heterocycles. The highest BCUT2D eigenvalue weighted by Crippen LogP contribution is 2.25. The van der Waals surface area contributed by atoms with Gasteiger partial charge in [-0.15, -0.1) is 11.3 Å². The second-order valence-corrected chi connectivity index (χ2v) is 6.36. The summed E-state index contributed by atoms with van der Waals surface area (Å²) in [4.78, 5) is 28.6. The Balaban J connectivity index is 1.94. The first kappa shape index (κ1) is 15.1. The molecule has 116 valence electrons. The Morgan fingerprint density at radius 3 is 2.65 bits per heavy atom. The van der Waals surface area contributed by atoms with Crippen molar-refractivity contribution >= 4 is 35.0 Å². The SMILES string of the molecule is Cc1ccc(/C=C2\N=C(c3ccc([N+](=O)[O-])c(C)c3)OC2=O)s1. The Bertz CT molecular complexity index is 880. The fourth-order valence-electron chi connectivity index (χ4n) is 2.19. The van der Waals surface area contributed by atoms with E-state index in [2.05, 4.69) is 4.99 Å². The minimum absolute atomic E-state index is 0.0171. The molecule has 0 aliphatic carbocycles. The maximum Gasteiger partial charge on any atom is 0.363 e. The Labute approximate surface area is 135 Å². The van der Waals surface area contributed by atoms with Gasteiger partial charge in [0.1, 0.15) is 0 Å². The van der Waals surface area contributed by atoms with Crippen molar-refractivity contribution in [3.05, 3.63) is 67.0 Å². The molecule has 0 spiro atoms. The second kappa shape index (κ2) is 5.77. The monoisotopic (exact) mass is 328 g/mol. The molecule has 0 saturated carbocycles. The molecule has 1 aromatic heterocycles. The lowest BCUT2D eigenvalue weighted by Gasteiger charge is -2.01. The van der Waals surface area contributed by atoms with Crippen LogP contribution >= 0.6 is 11.3 Å². The van der Waals surface area contributed by atoms with E-state index in [9.17, 15) is 14.9 Å². The third-order valence-corrected chi connectivity index (χ3v) is 4.25. The number of aliphatic imine (C=N–C) groups is 1. The van der Waals surface area contributed by atoms with Gasteiger partial charge >= 0.3 is 5.97 Å². The quantitative estimate of drug-likeness (QED) is 0.373. The first-order valence-corrected chi connectivity index (χ1v) is 7.60. The summed E-state index contributed by atoms with van der Waals surface area (Å²) in [6.07, 6.45) is 1.67. The van der Waals surface area contributed by atoms with Gasteiger partial charge in [0.05, 0.1) is 4.92 Å². The topological polar surface area (TPSA) is 81.8 Å². The first-order chi connectivity index (χ1) is 10.9. The predicted octanol–water partition coefficient (Wildman–Crippen LogP) is 3.62. The highest BCUT2D eigenvalue weighted by molar-refractivity contribution is 7.12. The number of nitro groups is 1. The molecule has 0 unspecified atom stereocenters. The van der Waals surface area contributed by atoms with Crippen LogP contribution < -0.4 is 0 Å². The van der Waals surface area contributed by atoms with Crippen molar-refractivity contribution in [2.75, 3.05) is 0 Å². The van der Waals surface area contributed by atoms with Gasteiger partial charge in [-0.3, -0.25) is 10.1 Å². The number of benzene rings is 1. The van der Waals surface area contributed by atoms with E-state index in [0.29, 0.717) is 11.1 Å². The molecule has 3 rings (SSSR count). The molecule has 0 fully saturated rings. The smallest absolute Gasteiger partial charge is 0.363 e. The van der Waals surface area contributed by atoms with Crippen LogP contribution in [-0.2, 0) is 9.53 Å². The number of hydrogen-bond donors (Lipinski definition) is 0. The van der Waals surface area contributed by atoms with Crippen molar-refractivity contribution in [1.29, 1.82) is 0 Å². The maximum atomic E-state index is 11.9. The number of hydrogen-bond acceptors (Lipinski definition) is 6. The molecule has 0 N–H and O–H groups in total. The van der Waals surface area contributed by atoms with Gasteiger partial charge in [-0.25, -0.2) is 9.79 Å². The number of esters is 1. The minimum atomic E-state index is -0.526. The number of thiophene rings is 1. The fourth-order valence-corrected chi connectivity index (χ4v) is 3.01. The zero-order valence-corrected chi connectivity index (χ0v) is 13.2. The Morgan fingerprint density at radius 1 is 1.26 bits per heavy atom. The number of nitro benzene ring substituents is 1. The second-order valence-electron chi connectivity index (χ2n) is 5.04. The fraction of sp³-hybridized carbons (Fsp3) is 0.125. The number of aryl methyl sites for hydroxylation is 2. The number of ether oxygens (including phenoxy) is 1. The van der Waals surface area contributed by atoms with Crippen molar-refractivity contribution in [3.8, 4) is 0 Å². The van der Waals surface area contributed by atoms with Crippen molar-refractivity contribution in [1.82, 2.24) is 0 Å². The van der Waals surface area contributed by atoms with E-state index in [1.54, 1.807) is 30.4 Å². The van der Waals surface area contributed by atoms with Gasteiger partial charge in [-0.1, -0.05) is 0 Å². The van der Waals surface area contributed by atoms with E-state index in [1.165, 1.54) is 12.1 Å². The summed E-state index contributed by atoms with van der Waals surface area (Å²) in [5.74, 6) is -0.366. The summed E-state index contributed by atoms with van der Waals surface area (Å²) in [6.45, 7) is 3.61. The van der Waals surface area contributed by atoms with Gasteiger partial charge in [-0.2, -0.15) is 0 Å². The zero-order chi connectivity index (χ0) is 16.6. The van der Waals surface area contributed by atoms with Crippen molar-refractivity contribution in [3.63, 3.8) is 0 Å². The number of carbonyl (C=O) groups excluding carboxylic acids is 1. The number of rotatable bonds is 3. The average molecular weight is 328 g/mol. The van der Waals surface area contributed by atoms with Crippen LogP contribution in [0.2, 0.25) is 0 Å². The lowest BCUT2D eigenvalue weighted by molar-refractivity contribution is -0.385. The standard InChI is InChI=1S/C16H12N2O4S/c1-9-7-11(4-6-14(9)18(20)21)15-17-13(16(19)22-15)8-12-5-3-10(2)23-12/h3-8H,1-2H3/b13-8-. The van der Waals surface area contributed by atoms with Crippen molar-refractivity contribution in [2.45, 2.75) is 13.8 Å². The van der Waals surface area contributed by atoms with E-state index in [1.807, 2.05) is 19.1 Å². The molecule has 23 heavy (non-hydrogen) atoms. The number of carbonyl (C=O) groups is 1. The lowest BCUT2D eigenvalue weighted by atomic mass is 10.1. The van der Waals surface area contributed by atoms with E-state index < -0.39 is 10.9 Å². The highest BCUT2D eigenvalue weighted by Gasteiger charge is 2.25. The van der Waals surface area contributed by atoms with E-state index in [-0.39, 0.29) is 17.3 Å². The summed E-state index contributed by atoms with van der Waals surface area (Å²) < 4.78 is 5.17. The maximum absolute atomic E-state index is 11.9. The lowest BCUT2D eigenvalue weighted by Crippen LogP contribution is -2.06. The minimum Gasteiger partial charge on any atom is -0.402 e. The summed E-state index contributed by atoms with van der Waals surface area (Å²) >= 11 is 1.55. The predicted molar refractivity (Wildman–Crippen MR) is 87.5 cm³/mol. The molecule has 1 aromatic carbocycles. The first-order valence-electron chi connectivity index (χ1n) is 6.78. The van der Waals surface area contributed by atoms with Gasteiger partial charge in [0, 0.05) is 26.9 Å². The molecule has 0 saturated heterocycles. The largest absolute Gasteiger partial charge is 0.402 e. The molecule has 0 bridgehead atoms. The Kier molecular flexibility index (Phi) is 3.79. The summed E-state index contributed by atoms with van der Waals surface area (Å²) in [5, 5.41) is 10.8. The van der Waals surface area contributed by atoms with Gasteiger partial charge in [0.2, 0.25) is 5.90 Å². The summed E-state index contributed by atoms with van der Waals surface area (Å²) in [5.41, 5.74) is 1.26. The Hall–Kier alpha value is -2.80. The Morgan fingerprint density at radius 2 is 2.04 bits per heavy atom. The van der Waals surface area contributed by atoms with Gasteiger partial charge < -0.3 is 4.74 Å². The van der Waals surface area contributed by atoms with Crippen LogP contribution in [0.3, 0.4) is 0 Å². The summed E-state index contributed by atoms with van der Waals surface area (Å²) in [7, 11) is 0. The van der Waals surface area contributed by atoms with Crippen LogP contribution in [0.1, 0.15) is 20.9 Å². The van der Waals surface area contributed by atoms with Crippen molar-refractivity contribution in [2.24, 2.45) is 4.99 Å². The van der Waals surface area contributed by atoms with Crippen LogP contribution in [0.25, 0.3) is 6.08 Å². The zero-order valence-electron chi connectivity index (χ0n) is 12.4. The van der Waals surface area contributed by atoms with Gasteiger partial charge in [-0.05, 0) is 44.2 Å². The molecule has 1 aliphatic rings. The van der Waals surface area contributed by atoms with Crippen LogP contribution in [0.4, 0.5) is 5.69 Å². The number of cyclic esters (lactones) is 1. The van der Waals surface area contributed by atoms with Crippen molar-refractivity contribution < 1.29 is 14.5 Å². The van der Waals surface area contributed by atoms with Crippen LogP contribution in [0, 0.1) is 24.0 Å². The molecule has 6 nitrogen and oxygen atoms in total. The molecule has 0 atom stereocenters. The third kappa shape index (κ3) is 3.04. The van der Waals surface area contributed by atoms with E-state index >= 15 is 0 Å². The van der Waals surface area contributed by atoms with Gasteiger partial charge in [0.25, 0.3) is 5.69 Å². The van der Waals surface area contributed by atoms with Gasteiger partial charge in [0.15, 0.2) is 5.70 Å². The molecular weight excluding hydrogens is 316 g/mol. The molecule has 2 aromatic rings. The molecule has 7 heteroatoms. The third-order valence-electron chi connectivity index (χ3n) is 3.30. The average Bonchev–Trinajstić information content (AvgIpc) is 3.05. The van der Waals surface area contributed by atoms with E-state index in [4.69, 9.17) is 4.74 Å². The van der Waals surface area contributed by atoms with E-state index in [0.717, 1.165) is 9.75 Å². The number of nitrogens with zero attached hydrogens (tertiary/aromatic N) is 2. The molecule has 0 amide bonds. The molecular formula is C16H12N2O4S. The molecule has 1 aliphatic heterocycles. The molecule has 0 radical (unpaired) electrons. The van der Waals surface area contributed by atoms with Crippen LogP contribution in [0.15, 0.2) is 41.0 Å². The summed E-state index contributed by atoms with van der Waals surface area (Å²) in [6, 6.07) is 8.36. The normalized spacial score (nSPS) is 15.7. The van der Waals surface area contributed by atoms with Crippen LogP contribution in [0.5, 0.6) is 0 Å².